The topological polar surface area (TPSA) is 157 Å². The van der Waals surface area contributed by atoms with E-state index >= 15 is 0 Å². The molecular weight excluding hydrogens is 484 g/mol. The number of nitrogens with one attached hydrogen (secondary N) is 3. The van der Waals surface area contributed by atoms with Gasteiger partial charge in [0.05, 0.1) is 5.41 Å². The van der Waals surface area contributed by atoms with Gasteiger partial charge in [0.1, 0.15) is 0 Å². The van der Waals surface area contributed by atoms with Gasteiger partial charge in [-0.25, -0.2) is 4.79 Å². The van der Waals surface area contributed by atoms with Crippen LogP contribution in [-0.4, -0.2) is 110 Å². The van der Waals surface area contributed by atoms with Gasteiger partial charge in [0.15, 0.2) is 0 Å². The van der Waals surface area contributed by atoms with Crippen molar-refractivity contribution >= 4 is 35.5 Å². The number of hydrogen-bond acceptors (Lipinski definition) is 9. The molecule has 13 nitrogen and oxygen atoms in total. The van der Waals surface area contributed by atoms with Gasteiger partial charge in [-0.3, -0.25) is 28.9 Å². The average Bonchev–Trinajstić information content (AvgIpc) is 3.15. The molecule has 0 aromatic heterocycles. The number of amides is 5. The SMILES string of the molecule is CN1CCN(C)C(C(C)(C)C(=O)NCCC(=O)NCCC(=O)NCCCC(=O)ON2C(=O)CCC2=O)C1. The molecular formula is C24H40N6O7. The molecule has 3 N–H and O–H groups in total. The Morgan fingerprint density at radius 2 is 1.43 bits per heavy atom. The number of imide groups is 1. The Morgan fingerprint density at radius 1 is 0.865 bits per heavy atom. The van der Waals surface area contributed by atoms with E-state index < -0.39 is 23.2 Å². The minimum atomic E-state index is -0.723. The van der Waals surface area contributed by atoms with Gasteiger partial charge in [-0.1, -0.05) is 0 Å². The number of carbonyl (C=O) groups is 6. The lowest BCUT2D eigenvalue weighted by Crippen LogP contribution is -2.60. The van der Waals surface area contributed by atoms with Crippen LogP contribution in [-0.2, 0) is 33.6 Å². The molecule has 0 bridgehead atoms. The summed E-state index contributed by atoms with van der Waals surface area (Å²) in [6.07, 6.45) is 0.436. The number of nitrogens with zero attached hydrogens (tertiary/aromatic N) is 3. The molecule has 0 radical (unpaired) electrons. The lowest BCUT2D eigenvalue weighted by molar-refractivity contribution is -0.197. The van der Waals surface area contributed by atoms with Crippen LogP contribution in [0.4, 0.5) is 0 Å². The second-order valence-electron chi connectivity index (χ2n) is 10.1. The quantitative estimate of drug-likeness (QED) is 0.198. The molecule has 0 spiro atoms. The van der Waals surface area contributed by atoms with E-state index in [1.165, 1.54) is 0 Å². The summed E-state index contributed by atoms with van der Waals surface area (Å²) >= 11 is 0. The van der Waals surface area contributed by atoms with Gasteiger partial charge in [-0.15, -0.1) is 5.06 Å². The first-order chi connectivity index (χ1) is 17.4. The van der Waals surface area contributed by atoms with Crippen LogP contribution < -0.4 is 16.0 Å². The molecule has 0 saturated carbocycles. The molecule has 2 heterocycles. The highest BCUT2D eigenvalue weighted by Gasteiger charge is 2.41. The number of likely N-dealkylation sites (N-methyl/N-ethyl adjacent to an activating group) is 2. The molecule has 2 fully saturated rings. The smallest absolute Gasteiger partial charge is 0.333 e. The van der Waals surface area contributed by atoms with Crippen LogP contribution in [0.2, 0.25) is 0 Å². The first-order valence-electron chi connectivity index (χ1n) is 12.7. The van der Waals surface area contributed by atoms with Crippen molar-refractivity contribution in [3.05, 3.63) is 0 Å². The van der Waals surface area contributed by atoms with E-state index in [1.54, 1.807) is 0 Å². The Bertz CT molecular complexity index is 862. The van der Waals surface area contributed by atoms with Gasteiger partial charge >= 0.3 is 5.97 Å². The highest BCUT2D eigenvalue weighted by Crippen LogP contribution is 2.27. The largest absolute Gasteiger partial charge is 0.356 e. The van der Waals surface area contributed by atoms with Gasteiger partial charge in [-0.2, -0.15) is 0 Å². The molecule has 2 rings (SSSR count). The molecule has 2 aliphatic rings. The van der Waals surface area contributed by atoms with E-state index in [9.17, 15) is 28.8 Å². The molecule has 0 aliphatic carbocycles. The number of carbonyl (C=O) groups excluding carboxylic acids is 6. The zero-order chi connectivity index (χ0) is 27.6. The van der Waals surface area contributed by atoms with E-state index in [-0.39, 0.29) is 81.9 Å². The molecule has 5 amide bonds. The number of rotatable bonds is 13. The Kier molecular flexibility index (Phi) is 11.4. The van der Waals surface area contributed by atoms with Crippen LogP contribution >= 0.6 is 0 Å². The van der Waals surface area contributed by atoms with E-state index in [1.807, 2.05) is 27.9 Å². The maximum absolute atomic E-state index is 12.8. The van der Waals surface area contributed by atoms with E-state index in [2.05, 4.69) is 25.8 Å². The summed E-state index contributed by atoms with van der Waals surface area (Å²) in [5.41, 5.74) is -0.613. The zero-order valence-electron chi connectivity index (χ0n) is 22.3. The Hall–Kier alpha value is -3.06. The molecule has 0 aromatic carbocycles. The van der Waals surface area contributed by atoms with Crippen molar-refractivity contribution in [1.82, 2.24) is 30.8 Å². The average molecular weight is 525 g/mol. The minimum Gasteiger partial charge on any atom is -0.356 e. The highest BCUT2D eigenvalue weighted by atomic mass is 16.7. The van der Waals surface area contributed by atoms with Crippen LogP contribution in [0.1, 0.15) is 52.4 Å². The Labute approximate surface area is 217 Å². The Morgan fingerprint density at radius 3 is 2.05 bits per heavy atom. The molecule has 13 heteroatoms. The summed E-state index contributed by atoms with van der Waals surface area (Å²) in [7, 11) is 4.06. The third-order valence-electron chi connectivity index (χ3n) is 6.66. The van der Waals surface area contributed by atoms with Crippen molar-refractivity contribution in [2.75, 3.05) is 53.4 Å². The third-order valence-corrected chi connectivity index (χ3v) is 6.66. The Balaban J connectivity index is 1.54. The predicted molar refractivity (Wildman–Crippen MR) is 132 cm³/mol. The standard InChI is InChI=1S/C24H40N6O7/c1-24(2,17-16-28(3)14-15-29(17)4)23(36)27-13-10-19(32)26-12-9-18(31)25-11-5-6-22(35)37-30-20(33)7-8-21(30)34/h17H,5-16H2,1-4H3,(H,25,31)(H,26,32)(H,27,36). The third kappa shape index (κ3) is 9.39. The number of hydrogen-bond donors (Lipinski definition) is 3. The molecule has 1 unspecified atom stereocenters. The molecule has 2 aliphatic heterocycles. The summed E-state index contributed by atoms with van der Waals surface area (Å²) < 4.78 is 0. The fourth-order valence-electron chi connectivity index (χ4n) is 4.22. The second kappa shape index (κ2) is 14.0. The van der Waals surface area contributed by atoms with Crippen molar-refractivity contribution in [3.63, 3.8) is 0 Å². The summed E-state index contributed by atoms with van der Waals surface area (Å²) in [4.78, 5) is 80.4. The maximum Gasteiger partial charge on any atom is 0.333 e. The van der Waals surface area contributed by atoms with Crippen LogP contribution in [0.5, 0.6) is 0 Å². The number of hydroxylamine groups is 2. The summed E-state index contributed by atoms with van der Waals surface area (Å²) in [6, 6.07) is 0.0720. The van der Waals surface area contributed by atoms with Gasteiger partial charge in [-0.05, 0) is 34.4 Å². The monoisotopic (exact) mass is 524 g/mol. The van der Waals surface area contributed by atoms with Crippen molar-refractivity contribution in [2.24, 2.45) is 5.41 Å². The zero-order valence-corrected chi connectivity index (χ0v) is 22.3. The van der Waals surface area contributed by atoms with Gasteiger partial charge < -0.3 is 25.7 Å². The number of piperazine rings is 1. The van der Waals surface area contributed by atoms with Gasteiger partial charge in [0.25, 0.3) is 11.8 Å². The fourth-order valence-corrected chi connectivity index (χ4v) is 4.22. The van der Waals surface area contributed by atoms with Gasteiger partial charge in [0, 0.05) is 77.4 Å². The minimum absolute atomic E-state index is 0.0295. The molecule has 0 aromatic rings. The summed E-state index contributed by atoms with van der Waals surface area (Å²) in [5.74, 6) is -2.47. The van der Waals surface area contributed by atoms with Gasteiger partial charge in [0.2, 0.25) is 17.7 Å². The highest BCUT2D eigenvalue weighted by molar-refractivity contribution is 6.01. The molecule has 37 heavy (non-hydrogen) atoms. The van der Waals surface area contributed by atoms with Crippen LogP contribution in [0, 0.1) is 5.41 Å². The fraction of sp³-hybridized carbons (Fsp3) is 0.750. The van der Waals surface area contributed by atoms with Crippen molar-refractivity contribution < 1.29 is 33.6 Å². The van der Waals surface area contributed by atoms with Crippen LogP contribution in [0.3, 0.4) is 0 Å². The van der Waals surface area contributed by atoms with Crippen molar-refractivity contribution in [1.29, 1.82) is 0 Å². The lowest BCUT2D eigenvalue weighted by atomic mass is 9.81. The second-order valence-corrected chi connectivity index (χ2v) is 10.1. The normalized spacial score (nSPS) is 19.0. The van der Waals surface area contributed by atoms with E-state index in [4.69, 9.17) is 4.84 Å². The first-order valence-corrected chi connectivity index (χ1v) is 12.7. The van der Waals surface area contributed by atoms with Crippen LogP contribution in [0.25, 0.3) is 0 Å². The van der Waals surface area contributed by atoms with Crippen molar-refractivity contribution in [2.45, 2.75) is 58.4 Å². The van der Waals surface area contributed by atoms with E-state index in [0.717, 1.165) is 19.6 Å². The maximum atomic E-state index is 12.8. The van der Waals surface area contributed by atoms with Crippen LogP contribution in [0.15, 0.2) is 0 Å². The van der Waals surface area contributed by atoms with E-state index in [0.29, 0.717) is 5.06 Å². The first kappa shape index (κ1) is 30.2. The predicted octanol–water partition coefficient (Wildman–Crippen LogP) is -1.23. The molecule has 208 valence electrons. The lowest BCUT2D eigenvalue weighted by Gasteiger charge is -2.45. The molecule has 2 saturated heterocycles. The summed E-state index contributed by atoms with van der Waals surface area (Å²) in [5, 5.41) is 8.62. The summed E-state index contributed by atoms with van der Waals surface area (Å²) in [6.45, 7) is 7.04. The molecule has 1 atom stereocenters. The van der Waals surface area contributed by atoms with Crippen molar-refractivity contribution in [3.8, 4) is 0 Å².